The lowest BCUT2D eigenvalue weighted by Gasteiger charge is -2.08. The van der Waals surface area contributed by atoms with E-state index in [0.29, 0.717) is 18.0 Å². The van der Waals surface area contributed by atoms with Crippen LogP contribution in [0.1, 0.15) is 5.56 Å². The lowest BCUT2D eigenvalue weighted by atomic mass is 10.1. The zero-order valence-electron chi connectivity index (χ0n) is 7.79. The Kier molecular flexibility index (Phi) is 4.17. The maximum Gasteiger partial charge on any atom is 0.234 e. The van der Waals surface area contributed by atoms with Gasteiger partial charge in [-0.1, -0.05) is 17.7 Å². The van der Waals surface area contributed by atoms with E-state index in [9.17, 15) is 4.79 Å². The average Bonchev–Trinajstić information content (AvgIpc) is 2.20. The molecule has 4 heteroatoms. The number of hydrogen-bond donors (Lipinski definition) is 0. The third-order valence-corrected chi connectivity index (χ3v) is 2.19. The van der Waals surface area contributed by atoms with E-state index >= 15 is 0 Å². The van der Waals surface area contributed by atoms with Crippen molar-refractivity contribution in [3.63, 3.8) is 0 Å². The summed E-state index contributed by atoms with van der Waals surface area (Å²) in [5.74, 6) is 0.721. The quantitative estimate of drug-likeness (QED) is 0.566. The molecule has 1 aromatic rings. The second-order valence-corrected chi connectivity index (χ2v) is 3.05. The smallest absolute Gasteiger partial charge is 0.234 e. The molecule has 0 aliphatic heterocycles. The first-order valence-electron chi connectivity index (χ1n) is 4.14. The molecule has 0 spiro atoms. The van der Waals surface area contributed by atoms with Crippen LogP contribution in [0.3, 0.4) is 0 Å². The molecule has 0 amide bonds. The summed E-state index contributed by atoms with van der Waals surface area (Å²) >= 11 is 5.97. The van der Waals surface area contributed by atoms with Crippen LogP contribution in [0, 0.1) is 0 Å². The molecule has 0 aliphatic carbocycles. The maximum absolute atomic E-state index is 9.88. The molecular formula is C10H10ClNO2. The molecular weight excluding hydrogens is 202 g/mol. The zero-order chi connectivity index (χ0) is 10.4. The monoisotopic (exact) mass is 211 g/mol. The van der Waals surface area contributed by atoms with Gasteiger partial charge in [-0.05, 0) is 18.6 Å². The van der Waals surface area contributed by atoms with E-state index in [-0.39, 0.29) is 0 Å². The number of aliphatic imine (C=N–C) groups is 1. The first-order chi connectivity index (χ1) is 6.79. The van der Waals surface area contributed by atoms with Gasteiger partial charge in [0.2, 0.25) is 6.08 Å². The van der Waals surface area contributed by atoms with Crippen molar-refractivity contribution in [2.75, 3.05) is 13.7 Å². The highest BCUT2D eigenvalue weighted by atomic mass is 35.5. The van der Waals surface area contributed by atoms with Gasteiger partial charge in [0.25, 0.3) is 0 Å². The third-order valence-electron chi connectivity index (χ3n) is 1.83. The van der Waals surface area contributed by atoms with E-state index in [1.165, 1.54) is 6.08 Å². The van der Waals surface area contributed by atoms with Crippen molar-refractivity contribution >= 4 is 17.7 Å². The molecule has 0 saturated carbocycles. The largest absolute Gasteiger partial charge is 0.496 e. The standard InChI is InChI=1S/C10H10ClNO2/c1-14-10-4-2-3-9(11)8(10)5-6-12-7-13/h2-4H,5-6H2,1H3. The van der Waals surface area contributed by atoms with E-state index in [2.05, 4.69) is 4.99 Å². The highest BCUT2D eigenvalue weighted by Gasteiger charge is 2.06. The molecule has 0 fully saturated rings. The van der Waals surface area contributed by atoms with Crippen molar-refractivity contribution in [3.05, 3.63) is 28.8 Å². The Labute approximate surface area is 87.4 Å². The molecule has 0 radical (unpaired) electrons. The molecule has 3 nitrogen and oxygen atoms in total. The highest BCUT2D eigenvalue weighted by molar-refractivity contribution is 6.31. The van der Waals surface area contributed by atoms with Crippen molar-refractivity contribution < 1.29 is 9.53 Å². The number of rotatable bonds is 4. The fourth-order valence-electron chi connectivity index (χ4n) is 1.19. The fourth-order valence-corrected chi connectivity index (χ4v) is 1.45. The molecule has 14 heavy (non-hydrogen) atoms. The van der Waals surface area contributed by atoms with Gasteiger partial charge in [-0.15, -0.1) is 0 Å². The fraction of sp³-hybridized carbons (Fsp3) is 0.300. The van der Waals surface area contributed by atoms with E-state index < -0.39 is 0 Å². The van der Waals surface area contributed by atoms with Crippen molar-refractivity contribution in [1.29, 1.82) is 0 Å². The lowest BCUT2D eigenvalue weighted by Crippen LogP contribution is -1.95. The Bertz CT molecular complexity index is 359. The number of ether oxygens (including phenoxy) is 1. The predicted octanol–water partition coefficient (Wildman–Crippen LogP) is 2.23. The van der Waals surface area contributed by atoms with Gasteiger partial charge in [-0.25, -0.2) is 9.79 Å². The second-order valence-electron chi connectivity index (χ2n) is 2.64. The van der Waals surface area contributed by atoms with Crippen LogP contribution in [0.5, 0.6) is 5.75 Å². The van der Waals surface area contributed by atoms with E-state index in [1.54, 1.807) is 13.2 Å². The molecule has 0 saturated heterocycles. The molecule has 0 heterocycles. The number of nitrogens with zero attached hydrogens (tertiary/aromatic N) is 1. The number of isocyanates is 1. The summed E-state index contributed by atoms with van der Waals surface area (Å²) in [5.41, 5.74) is 0.871. The SMILES string of the molecule is COc1cccc(Cl)c1CCN=C=O. The molecule has 1 aromatic carbocycles. The minimum Gasteiger partial charge on any atom is -0.496 e. The summed E-state index contributed by atoms with van der Waals surface area (Å²) in [7, 11) is 1.58. The number of benzene rings is 1. The maximum atomic E-state index is 9.88. The highest BCUT2D eigenvalue weighted by Crippen LogP contribution is 2.26. The van der Waals surface area contributed by atoms with Crippen LogP contribution >= 0.6 is 11.6 Å². The third kappa shape index (κ3) is 2.59. The van der Waals surface area contributed by atoms with Crippen LogP contribution in [-0.4, -0.2) is 19.7 Å². The van der Waals surface area contributed by atoms with Gasteiger partial charge in [0, 0.05) is 10.6 Å². The summed E-state index contributed by atoms with van der Waals surface area (Å²) in [5, 5.41) is 0.630. The Balaban J connectivity index is 2.87. The van der Waals surface area contributed by atoms with Gasteiger partial charge in [0.05, 0.1) is 13.7 Å². The van der Waals surface area contributed by atoms with Gasteiger partial charge in [-0.2, -0.15) is 0 Å². The van der Waals surface area contributed by atoms with Crippen LogP contribution in [0.15, 0.2) is 23.2 Å². The van der Waals surface area contributed by atoms with Crippen molar-refractivity contribution in [2.24, 2.45) is 4.99 Å². The lowest BCUT2D eigenvalue weighted by molar-refractivity contribution is 0.410. The van der Waals surface area contributed by atoms with E-state index in [0.717, 1.165) is 11.3 Å². The minimum absolute atomic E-state index is 0.379. The minimum atomic E-state index is 0.379. The second kappa shape index (κ2) is 5.43. The van der Waals surface area contributed by atoms with Gasteiger partial charge in [-0.3, -0.25) is 0 Å². The Hall–Kier alpha value is -1.31. The topological polar surface area (TPSA) is 38.7 Å². The first kappa shape index (κ1) is 10.8. The van der Waals surface area contributed by atoms with Crippen molar-refractivity contribution in [2.45, 2.75) is 6.42 Å². The molecule has 0 aromatic heterocycles. The summed E-state index contributed by atoms with van der Waals surface area (Å²) in [6.45, 7) is 0.379. The summed E-state index contributed by atoms with van der Waals surface area (Å²) in [4.78, 5) is 13.3. The van der Waals surface area contributed by atoms with Crippen molar-refractivity contribution in [1.82, 2.24) is 0 Å². The average molecular weight is 212 g/mol. The number of methoxy groups -OCH3 is 1. The molecule has 0 aliphatic rings. The summed E-state index contributed by atoms with van der Waals surface area (Å²) < 4.78 is 5.13. The molecule has 0 N–H and O–H groups in total. The van der Waals surface area contributed by atoms with Gasteiger partial charge in [0.15, 0.2) is 0 Å². The molecule has 0 bridgehead atoms. The van der Waals surface area contributed by atoms with Crippen LogP contribution < -0.4 is 4.74 Å². The number of hydrogen-bond acceptors (Lipinski definition) is 3. The van der Waals surface area contributed by atoms with Gasteiger partial charge >= 0.3 is 0 Å². The van der Waals surface area contributed by atoms with E-state index in [4.69, 9.17) is 16.3 Å². The van der Waals surface area contributed by atoms with E-state index in [1.807, 2.05) is 12.1 Å². The molecule has 0 atom stereocenters. The first-order valence-corrected chi connectivity index (χ1v) is 4.52. The Morgan fingerprint density at radius 1 is 1.57 bits per heavy atom. The van der Waals surface area contributed by atoms with Crippen LogP contribution in [0.25, 0.3) is 0 Å². The van der Waals surface area contributed by atoms with Crippen LogP contribution in [0.4, 0.5) is 0 Å². The molecule has 0 unspecified atom stereocenters. The number of carbonyl (C=O) groups excluding carboxylic acids is 1. The Morgan fingerprint density at radius 3 is 3.00 bits per heavy atom. The normalized spacial score (nSPS) is 9.29. The molecule has 74 valence electrons. The van der Waals surface area contributed by atoms with Crippen LogP contribution in [-0.2, 0) is 11.2 Å². The molecule has 1 rings (SSSR count). The zero-order valence-corrected chi connectivity index (χ0v) is 8.54. The number of halogens is 1. The van der Waals surface area contributed by atoms with Gasteiger partial charge in [0.1, 0.15) is 5.75 Å². The summed E-state index contributed by atoms with van der Waals surface area (Å²) in [6.07, 6.45) is 2.07. The summed E-state index contributed by atoms with van der Waals surface area (Å²) in [6, 6.07) is 5.42. The Morgan fingerprint density at radius 2 is 2.36 bits per heavy atom. The van der Waals surface area contributed by atoms with Gasteiger partial charge < -0.3 is 4.74 Å². The van der Waals surface area contributed by atoms with Crippen LogP contribution in [0.2, 0.25) is 5.02 Å². The predicted molar refractivity (Wildman–Crippen MR) is 54.7 cm³/mol. The van der Waals surface area contributed by atoms with Crippen molar-refractivity contribution in [3.8, 4) is 5.75 Å².